The van der Waals surface area contributed by atoms with Gasteiger partial charge in [0.1, 0.15) is 23.0 Å². The maximum absolute atomic E-state index is 12.8. The largest absolute Gasteiger partial charge is 0.508 e. The van der Waals surface area contributed by atoms with E-state index in [9.17, 15) is 15.0 Å². The van der Waals surface area contributed by atoms with Crippen molar-refractivity contribution in [3.63, 3.8) is 0 Å². The van der Waals surface area contributed by atoms with E-state index in [1.807, 2.05) is 25.1 Å². The van der Waals surface area contributed by atoms with Crippen LogP contribution < -0.4 is 4.74 Å². The van der Waals surface area contributed by atoms with Crippen molar-refractivity contribution in [1.29, 1.82) is 0 Å². The highest BCUT2D eigenvalue weighted by Gasteiger charge is 2.54. The summed E-state index contributed by atoms with van der Waals surface area (Å²) in [6, 6.07) is 13.7. The predicted octanol–water partition coefficient (Wildman–Crippen LogP) is 4.28. The maximum atomic E-state index is 12.8. The fraction of sp³-hybridized carbons (Fsp3) is 0.136. The second kappa shape index (κ2) is 5.04. The number of carbonyl (C=O) groups is 1. The molecule has 2 heterocycles. The highest BCUT2D eigenvalue weighted by molar-refractivity contribution is 5.98. The summed E-state index contributed by atoms with van der Waals surface area (Å²) in [4.78, 5) is 12.8. The zero-order valence-electron chi connectivity index (χ0n) is 14.7. The Hall–Kier alpha value is -3.47. The van der Waals surface area contributed by atoms with Crippen LogP contribution in [0.2, 0.25) is 0 Å². The van der Waals surface area contributed by atoms with Crippen molar-refractivity contribution in [3.8, 4) is 23.0 Å². The molecule has 1 atom stereocenters. The Morgan fingerprint density at radius 1 is 0.926 bits per heavy atom. The Kier molecular flexibility index (Phi) is 2.94. The van der Waals surface area contributed by atoms with Crippen molar-refractivity contribution in [3.05, 3.63) is 81.9 Å². The first-order valence-electron chi connectivity index (χ1n) is 8.61. The minimum Gasteiger partial charge on any atom is -0.508 e. The quantitative estimate of drug-likeness (QED) is 0.585. The van der Waals surface area contributed by atoms with Gasteiger partial charge in [-0.1, -0.05) is 18.2 Å². The van der Waals surface area contributed by atoms with Crippen molar-refractivity contribution >= 4 is 5.97 Å². The van der Waals surface area contributed by atoms with E-state index in [0.29, 0.717) is 33.8 Å². The van der Waals surface area contributed by atoms with Crippen molar-refractivity contribution in [2.75, 3.05) is 0 Å². The maximum Gasteiger partial charge on any atom is 0.340 e. The number of carbonyl (C=O) groups excluding carboxylic acids is 1. The molecular formula is C22H16O5. The van der Waals surface area contributed by atoms with Crippen LogP contribution in [-0.2, 0) is 10.3 Å². The molecule has 2 aliphatic rings. The van der Waals surface area contributed by atoms with E-state index >= 15 is 0 Å². The van der Waals surface area contributed by atoms with Crippen LogP contribution in [-0.4, -0.2) is 16.2 Å². The molecule has 0 saturated carbocycles. The van der Waals surface area contributed by atoms with Gasteiger partial charge in [-0.2, -0.15) is 0 Å². The molecule has 0 aromatic heterocycles. The van der Waals surface area contributed by atoms with E-state index in [4.69, 9.17) is 9.47 Å². The third-order valence-electron chi connectivity index (χ3n) is 5.42. The second-order valence-electron chi connectivity index (χ2n) is 6.94. The molecule has 5 rings (SSSR count). The number of hydrogen-bond donors (Lipinski definition) is 2. The molecule has 2 aliphatic heterocycles. The van der Waals surface area contributed by atoms with Gasteiger partial charge >= 0.3 is 5.97 Å². The molecular weight excluding hydrogens is 344 g/mol. The van der Waals surface area contributed by atoms with Crippen molar-refractivity contribution < 1.29 is 24.5 Å². The number of rotatable bonds is 0. The number of esters is 1. The van der Waals surface area contributed by atoms with Crippen LogP contribution in [0.1, 0.15) is 38.2 Å². The molecule has 3 aromatic rings. The summed E-state index contributed by atoms with van der Waals surface area (Å²) >= 11 is 0. The van der Waals surface area contributed by atoms with Gasteiger partial charge in [0.2, 0.25) is 0 Å². The lowest BCUT2D eigenvalue weighted by Crippen LogP contribution is -2.33. The van der Waals surface area contributed by atoms with Crippen LogP contribution in [0, 0.1) is 13.8 Å². The third-order valence-corrected chi connectivity index (χ3v) is 5.42. The summed E-state index contributed by atoms with van der Waals surface area (Å²) in [6.45, 7) is 3.61. The molecule has 5 heteroatoms. The lowest BCUT2D eigenvalue weighted by atomic mass is 9.76. The summed E-state index contributed by atoms with van der Waals surface area (Å²) in [5.74, 6) is 0.537. The normalized spacial score (nSPS) is 19.1. The number of aryl methyl sites for hydroxylation is 1. The Balaban J connectivity index is 1.94. The van der Waals surface area contributed by atoms with E-state index in [0.717, 1.165) is 11.1 Å². The number of phenols is 2. The zero-order valence-corrected chi connectivity index (χ0v) is 14.7. The first-order chi connectivity index (χ1) is 12.9. The molecule has 27 heavy (non-hydrogen) atoms. The highest BCUT2D eigenvalue weighted by atomic mass is 16.6. The van der Waals surface area contributed by atoms with Crippen LogP contribution >= 0.6 is 0 Å². The molecule has 3 aromatic carbocycles. The molecule has 134 valence electrons. The summed E-state index contributed by atoms with van der Waals surface area (Å²) in [6.07, 6.45) is 0. The van der Waals surface area contributed by atoms with E-state index < -0.39 is 11.6 Å². The monoisotopic (exact) mass is 360 g/mol. The van der Waals surface area contributed by atoms with Gasteiger partial charge in [0, 0.05) is 28.3 Å². The molecule has 0 unspecified atom stereocenters. The number of hydrogen-bond acceptors (Lipinski definition) is 5. The van der Waals surface area contributed by atoms with Crippen LogP contribution in [0.4, 0.5) is 0 Å². The Morgan fingerprint density at radius 3 is 2.52 bits per heavy atom. The first kappa shape index (κ1) is 15.8. The van der Waals surface area contributed by atoms with Gasteiger partial charge in [0.05, 0.1) is 5.56 Å². The molecule has 5 nitrogen and oxygen atoms in total. The molecule has 1 spiro atoms. The Labute approximate surface area is 155 Å². The summed E-state index contributed by atoms with van der Waals surface area (Å²) in [5.41, 5.74) is 2.73. The van der Waals surface area contributed by atoms with Crippen molar-refractivity contribution in [2.45, 2.75) is 19.4 Å². The molecule has 0 amide bonds. The van der Waals surface area contributed by atoms with Gasteiger partial charge < -0.3 is 19.7 Å². The first-order valence-corrected chi connectivity index (χ1v) is 8.61. The molecule has 0 radical (unpaired) electrons. The van der Waals surface area contributed by atoms with E-state index in [2.05, 4.69) is 0 Å². The minimum atomic E-state index is -1.19. The van der Waals surface area contributed by atoms with Gasteiger partial charge in [-0.15, -0.1) is 0 Å². The number of ether oxygens (including phenoxy) is 2. The topological polar surface area (TPSA) is 76.0 Å². The smallest absolute Gasteiger partial charge is 0.340 e. The molecule has 0 fully saturated rings. The molecule has 0 aliphatic carbocycles. The van der Waals surface area contributed by atoms with Crippen molar-refractivity contribution in [2.24, 2.45) is 0 Å². The van der Waals surface area contributed by atoms with E-state index in [1.54, 1.807) is 31.2 Å². The van der Waals surface area contributed by atoms with Gasteiger partial charge in [-0.3, -0.25) is 0 Å². The van der Waals surface area contributed by atoms with Crippen LogP contribution in [0.3, 0.4) is 0 Å². The second-order valence-corrected chi connectivity index (χ2v) is 6.94. The number of benzene rings is 3. The SMILES string of the molecule is Cc1cccc2c1C(=O)O[C@@]21c2ccc(O)cc2Oc2c1ccc(O)c2C. The molecule has 0 bridgehead atoms. The zero-order chi connectivity index (χ0) is 18.9. The summed E-state index contributed by atoms with van der Waals surface area (Å²) in [5, 5.41) is 20.1. The summed E-state index contributed by atoms with van der Waals surface area (Å²) < 4.78 is 12.1. The Morgan fingerprint density at radius 2 is 1.70 bits per heavy atom. The van der Waals surface area contributed by atoms with Gasteiger partial charge in [-0.25, -0.2) is 4.79 Å². The molecule has 0 saturated heterocycles. The minimum absolute atomic E-state index is 0.0407. The fourth-order valence-electron chi connectivity index (χ4n) is 4.11. The van der Waals surface area contributed by atoms with Crippen LogP contribution in [0.15, 0.2) is 48.5 Å². The van der Waals surface area contributed by atoms with Crippen LogP contribution in [0.25, 0.3) is 0 Å². The van der Waals surface area contributed by atoms with Gasteiger partial charge in [0.15, 0.2) is 5.60 Å². The van der Waals surface area contributed by atoms with Crippen molar-refractivity contribution in [1.82, 2.24) is 0 Å². The highest BCUT2D eigenvalue weighted by Crippen LogP contribution is 2.58. The van der Waals surface area contributed by atoms with Gasteiger partial charge in [0.25, 0.3) is 0 Å². The third kappa shape index (κ3) is 1.86. The standard InChI is InChI=1S/C22H16O5/c1-11-4-3-5-15-19(11)21(25)27-22(15)14-7-6-13(23)10-18(14)26-20-12(2)17(24)9-8-16(20)22/h3-10,23-24H,1-2H3/t22-/m0/s1. The number of fused-ring (bicyclic) bond motifs is 6. The number of aromatic hydroxyl groups is 2. The van der Waals surface area contributed by atoms with E-state index in [-0.39, 0.29) is 11.5 Å². The van der Waals surface area contributed by atoms with Crippen LogP contribution in [0.5, 0.6) is 23.0 Å². The lowest BCUT2D eigenvalue weighted by Gasteiger charge is -2.37. The van der Waals surface area contributed by atoms with E-state index in [1.165, 1.54) is 6.07 Å². The molecule has 2 N–H and O–H groups in total. The predicted molar refractivity (Wildman–Crippen MR) is 97.5 cm³/mol. The summed E-state index contributed by atoms with van der Waals surface area (Å²) in [7, 11) is 0. The number of phenolic OH excluding ortho intramolecular Hbond substituents is 2. The fourth-order valence-corrected chi connectivity index (χ4v) is 4.11. The van der Waals surface area contributed by atoms with Gasteiger partial charge in [-0.05, 0) is 43.7 Å². The lowest BCUT2D eigenvalue weighted by molar-refractivity contribution is 0.0223. The average molecular weight is 360 g/mol. The Bertz CT molecular complexity index is 1150. The average Bonchev–Trinajstić information content (AvgIpc) is 2.93.